The molecule has 0 saturated heterocycles. The summed E-state index contributed by atoms with van der Waals surface area (Å²) in [4.78, 5) is 14.2. The molecule has 182 valence electrons. The van der Waals surface area contributed by atoms with Crippen molar-refractivity contribution >= 4 is 0 Å². The van der Waals surface area contributed by atoms with Gasteiger partial charge in [0.1, 0.15) is 6.33 Å². The van der Waals surface area contributed by atoms with Crippen molar-refractivity contribution in [3.8, 4) is 22.8 Å². The number of nitrogens with zero attached hydrogens (tertiary/aromatic N) is 3. The molecular formula is C31H43N3. The van der Waals surface area contributed by atoms with E-state index in [0.717, 1.165) is 22.8 Å². The molecule has 0 amide bonds. The number of aromatic nitrogens is 3. The molecule has 0 spiro atoms. The topological polar surface area (TPSA) is 38.7 Å². The minimum atomic E-state index is 0.0362. The fourth-order valence-corrected chi connectivity index (χ4v) is 3.82. The van der Waals surface area contributed by atoms with Gasteiger partial charge in [-0.2, -0.15) is 0 Å². The Kier molecular flexibility index (Phi) is 6.58. The Balaban J connectivity index is 2.21. The first-order chi connectivity index (χ1) is 15.4. The summed E-state index contributed by atoms with van der Waals surface area (Å²) in [5.74, 6) is 1.44. The first-order valence-corrected chi connectivity index (χ1v) is 12.4. The molecule has 3 rings (SSSR count). The van der Waals surface area contributed by atoms with E-state index in [4.69, 9.17) is 4.98 Å². The third-order valence-electron chi connectivity index (χ3n) is 6.42. The van der Waals surface area contributed by atoms with Gasteiger partial charge in [0, 0.05) is 11.1 Å². The van der Waals surface area contributed by atoms with Crippen LogP contribution < -0.4 is 0 Å². The summed E-state index contributed by atoms with van der Waals surface area (Å²) in [6.45, 7) is 27.0. The Labute approximate surface area is 207 Å². The second-order valence-electron chi connectivity index (χ2n) is 13.7. The number of hydrogen-bond acceptors (Lipinski definition) is 3. The van der Waals surface area contributed by atoms with E-state index >= 15 is 0 Å². The zero-order chi connectivity index (χ0) is 25.7. The quantitative estimate of drug-likeness (QED) is 0.388. The Morgan fingerprint density at radius 2 is 0.676 bits per heavy atom. The van der Waals surface area contributed by atoms with Gasteiger partial charge in [0.2, 0.25) is 0 Å². The SMILES string of the molecule is CC(C)(C)c1cc(-c2ncnc(-c3cc(C(C)(C)C)cc(C(C)(C)C)c3)n2)cc(C(C)(C)C)c1. The van der Waals surface area contributed by atoms with Gasteiger partial charge in [-0.15, -0.1) is 0 Å². The monoisotopic (exact) mass is 457 g/mol. The molecule has 1 heterocycles. The van der Waals surface area contributed by atoms with Crippen LogP contribution in [0.5, 0.6) is 0 Å². The van der Waals surface area contributed by atoms with Gasteiger partial charge in [-0.05, 0) is 68.2 Å². The van der Waals surface area contributed by atoms with Gasteiger partial charge in [0.05, 0.1) is 0 Å². The molecule has 1 aromatic heterocycles. The van der Waals surface area contributed by atoms with E-state index in [-0.39, 0.29) is 21.7 Å². The molecule has 0 aliphatic heterocycles. The molecule has 0 bridgehead atoms. The van der Waals surface area contributed by atoms with Crippen molar-refractivity contribution in [3.63, 3.8) is 0 Å². The average molecular weight is 458 g/mol. The smallest absolute Gasteiger partial charge is 0.163 e. The minimum Gasteiger partial charge on any atom is -0.217 e. The van der Waals surface area contributed by atoms with Crippen LogP contribution in [0, 0.1) is 0 Å². The van der Waals surface area contributed by atoms with Crippen LogP contribution in [0.1, 0.15) is 105 Å². The molecule has 0 N–H and O–H groups in total. The normalized spacial score (nSPS) is 13.3. The highest BCUT2D eigenvalue weighted by Gasteiger charge is 2.23. The Morgan fingerprint density at radius 3 is 0.912 bits per heavy atom. The second-order valence-corrected chi connectivity index (χ2v) is 13.7. The molecule has 34 heavy (non-hydrogen) atoms. The maximum atomic E-state index is 4.98. The van der Waals surface area contributed by atoms with Gasteiger partial charge in [-0.1, -0.05) is 95.2 Å². The fraction of sp³-hybridized carbons (Fsp3) is 0.516. The molecular weight excluding hydrogens is 414 g/mol. The van der Waals surface area contributed by atoms with Gasteiger partial charge < -0.3 is 0 Å². The first-order valence-electron chi connectivity index (χ1n) is 12.4. The lowest BCUT2D eigenvalue weighted by Gasteiger charge is -2.26. The highest BCUT2D eigenvalue weighted by Crippen LogP contribution is 2.35. The molecule has 0 aliphatic rings. The zero-order valence-corrected chi connectivity index (χ0v) is 23.4. The molecule has 0 aliphatic carbocycles. The summed E-state index contributed by atoms with van der Waals surface area (Å²) in [6.07, 6.45) is 1.65. The lowest BCUT2D eigenvalue weighted by atomic mass is 9.79. The third kappa shape index (κ3) is 5.92. The lowest BCUT2D eigenvalue weighted by molar-refractivity contribution is 0.568. The van der Waals surface area contributed by atoms with Crippen molar-refractivity contribution in [2.24, 2.45) is 0 Å². The van der Waals surface area contributed by atoms with Crippen molar-refractivity contribution in [1.29, 1.82) is 0 Å². The van der Waals surface area contributed by atoms with Crippen LogP contribution in [0.2, 0.25) is 0 Å². The van der Waals surface area contributed by atoms with Crippen LogP contribution in [-0.4, -0.2) is 15.0 Å². The van der Waals surface area contributed by atoms with Gasteiger partial charge in [0.25, 0.3) is 0 Å². The molecule has 0 fully saturated rings. The predicted octanol–water partition coefficient (Wildman–Crippen LogP) is 8.40. The van der Waals surface area contributed by atoms with Crippen LogP contribution in [0.4, 0.5) is 0 Å². The molecule has 0 radical (unpaired) electrons. The molecule has 2 aromatic carbocycles. The van der Waals surface area contributed by atoms with Gasteiger partial charge in [0.15, 0.2) is 11.6 Å². The maximum absolute atomic E-state index is 4.98. The predicted molar refractivity (Wildman–Crippen MR) is 145 cm³/mol. The Bertz CT molecular complexity index is 1020. The van der Waals surface area contributed by atoms with Crippen molar-refractivity contribution in [2.75, 3.05) is 0 Å². The van der Waals surface area contributed by atoms with E-state index in [0.29, 0.717) is 0 Å². The van der Waals surface area contributed by atoms with Crippen molar-refractivity contribution in [2.45, 2.75) is 105 Å². The van der Waals surface area contributed by atoms with E-state index in [2.05, 4.69) is 129 Å². The van der Waals surface area contributed by atoms with Crippen molar-refractivity contribution in [3.05, 3.63) is 65.0 Å². The second kappa shape index (κ2) is 8.59. The molecule has 3 aromatic rings. The van der Waals surface area contributed by atoms with Crippen molar-refractivity contribution in [1.82, 2.24) is 15.0 Å². The minimum absolute atomic E-state index is 0.0362. The summed E-state index contributed by atoms with van der Waals surface area (Å²) in [5.41, 5.74) is 7.41. The van der Waals surface area contributed by atoms with Crippen molar-refractivity contribution < 1.29 is 0 Å². The fourth-order valence-electron chi connectivity index (χ4n) is 3.82. The highest BCUT2D eigenvalue weighted by atomic mass is 15.0. The highest BCUT2D eigenvalue weighted by molar-refractivity contribution is 5.64. The average Bonchev–Trinajstić information content (AvgIpc) is 2.70. The summed E-state index contributed by atoms with van der Waals surface area (Å²) >= 11 is 0. The summed E-state index contributed by atoms with van der Waals surface area (Å²) in [5, 5.41) is 0. The summed E-state index contributed by atoms with van der Waals surface area (Å²) in [7, 11) is 0. The zero-order valence-electron chi connectivity index (χ0n) is 23.4. The summed E-state index contributed by atoms with van der Waals surface area (Å²) < 4.78 is 0. The van der Waals surface area contributed by atoms with E-state index in [9.17, 15) is 0 Å². The maximum Gasteiger partial charge on any atom is 0.163 e. The summed E-state index contributed by atoms with van der Waals surface area (Å²) in [6, 6.07) is 13.6. The Hall–Kier alpha value is -2.55. The van der Waals surface area contributed by atoms with E-state index in [1.54, 1.807) is 6.33 Å². The Morgan fingerprint density at radius 1 is 0.412 bits per heavy atom. The lowest BCUT2D eigenvalue weighted by Crippen LogP contribution is -2.17. The molecule has 3 nitrogen and oxygen atoms in total. The van der Waals surface area contributed by atoms with Crippen LogP contribution in [0.15, 0.2) is 42.7 Å². The van der Waals surface area contributed by atoms with E-state index in [1.807, 2.05) is 0 Å². The van der Waals surface area contributed by atoms with Crippen LogP contribution >= 0.6 is 0 Å². The van der Waals surface area contributed by atoms with E-state index < -0.39 is 0 Å². The largest absolute Gasteiger partial charge is 0.217 e. The van der Waals surface area contributed by atoms with Crippen LogP contribution in [-0.2, 0) is 21.7 Å². The van der Waals surface area contributed by atoms with Gasteiger partial charge in [-0.3, -0.25) is 0 Å². The molecule has 0 saturated carbocycles. The standard InChI is InChI=1S/C31H43N3/c1-28(2,3)22-13-20(14-23(17-22)29(4,5)6)26-32-19-33-27(34-26)21-15-24(30(7,8)9)18-25(16-21)31(10,11)12/h13-19H,1-12H3. The van der Waals surface area contributed by atoms with E-state index in [1.165, 1.54) is 22.3 Å². The van der Waals surface area contributed by atoms with Crippen LogP contribution in [0.25, 0.3) is 22.8 Å². The van der Waals surface area contributed by atoms with Crippen LogP contribution in [0.3, 0.4) is 0 Å². The van der Waals surface area contributed by atoms with Gasteiger partial charge >= 0.3 is 0 Å². The number of hydrogen-bond donors (Lipinski definition) is 0. The molecule has 0 unspecified atom stereocenters. The van der Waals surface area contributed by atoms with Gasteiger partial charge in [-0.25, -0.2) is 15.0 Å². The number of rotatable bonds is 2. The number of benzene rings is 2. The molecule has 0 atom stereocenters. The third-order valence-corrected chi connectivity index (χ3v) is 6.42. The first kappa shape index (κ1) is 26.1. The molecule has 3 heteroatoms.